The minimum Gasteiger partial charge on any atom is -0.464 e. The normalized spacial score (nSPS) is 19.9. The molecule has 2 saturated heterocycles. The van der Waals surface area contributed by atoms with Crippen LogP contribution >= 0.6 is 0 Å². The Morgan fingerprint density at radius 1 is 1.12 bits per heavy atom. The molecule has 1 amide bonds. The van der Waals surface area contributed by atoms with Crippen LogP contribution in [0.25, 0.3) is 0 Å². The van der Waals surface area contributed by atoms with Crippen molar-refractivity contribution in [3.05, 3.63) is 42.4 Å². The fourth-order valence-electron chi connectivity index (χ4n) is 4.30. The minimum atomic E-state index is -3.93. The van der Waals surface area contributed by atoms with E-state index in [0.29, 0.717) is 39.0 Å². The van der Waals surface area contributed by atoms with Crippen LogP contribution in [0.4, 0.5) is 5.82 Å². The summed E-state index contributed by atoms with van der Waals surface area (Å²) in [5, 5.41) is 0. The Kier molecular flexibility index (Phi) is 6.20. The van der Waals surface area contributed by atoms with E-state index < -0.39 is 22.0 Å². The molecular weight excluding hydrogens is 434 g/mol. The summed E-state index contributed by atoms with van der Waals surface area (Å²) >= 11 is 0. The number of nitrogens with zero attached hydrogens (tertiary/aromatic N) is 5. The Hall–Kier alpha value is -2.92. The van der Waals surface area contributed by atoms with Crippen LogP contribution in [0.3, 0.4) is 0 Å². The highest BCUT2D eigenvalue weighted by molar-refractivity contribution is 7.89. The summed E-state index contributed by atoms with van der Waals surface area (Å²) in [6.45, 7) is 2.58. The monoisotopic (exact) mass is 461 g/mol. The van der Waals surface area contributed by atoms with E-state index in [0.717, 1.165) is 5.82 Å². The molecule has 4 heterocycles. The van der Waals surface area contributed by atoms with E-state index in [1.165, 1.54) is 28.2 Å². The number of carbonyl (C=O) groups excluding carboxylic acids is 2. The number of rotatable bonds is 5. The third-order valence-corrected chi connectivity index (χ3v) is 7.91. The molecule has 0 unspecified atom stereocenters. The molecule has 2 aliphatic heterocycles. The van der Waals surface area contributed by atoms with Crippen molar-refractivity contribution >= 4 is 27.7 Å². The number of aryl methyl sites for hydroxylation is 1. The van der Waals surface area contributed by atoms with Gasteiger partial charge in [-0.15, -0.1) is 0 Å². The second kappa shape index (κ2) is 8.91. The van der Waals surface area contributed by atoms with Crippen LogP contribution < -0.4 is 4.90 Å². The average Bonchev–Trinajstić information content (AvgIpc) is 3.47. The Bertz CT molecular complexity index is 1090. The summed E-state index contributed by atoms with van der Waals surface area (Å²) in [4.78, 5) is 33.3. The molecule has 32 heavy (non-hydrogen) atoms. The first-order valence-corrected chi connectivity index (χ1v) is 12.0. The van der Waals surface area contributed by atoms with Crippen LogP contribution in [0.5, 0.6) is 0 Å². The fraction of sp³-hybridized carbons (Fsp3) is 0.476. The van der Waals surface area contributed by atoms with Gasteiger partial charge in [-0.05, 0) is 31.0 Å². The van der Waals surface area contributed by atoms with Gasteiger partial charge in [-0.3, -0.25) is 4.79 Å². The van der Waals surface area contributed by atoms with Crippen molar-refractivity contribution in [2.24, 2.45) is 7.05 Å². The van der Waals surface area contributed by atoms with E-state index >= 15 is 0 Å². The van der Waals surface area contributed by atoms with Crippen LogP contribution in [-0.4, -0.2) is 84.9 Å². The number of piperazine rings is 1. The number of anilines is 1. The highest BCUT2D eigenvalue weighted by Gasteiger charge is 2.42. The second-order valence-electron chi connectivity index (χ2n) is 7.94. The number of aromatic nitrogens is 2. The Labute approximate surface area is 187 Å². The van der Waals surface area contributed by atoms with Crippen LogP contribution in [0.15, 0.2) is 41.6 Å². The first kappa shape index (κ1) is 22.3. The zero-order valence-corrected chi connectivity index (χ0v) is 19.0. The van der Waals surface area contributed by atoms with Crippen LogP contribution in [0.1, 0.15) is 23.3 Å². The van der Waals surface area contributed by atoms with Crippen molar-refractivity contribution < 1.29 is 22.7 Å². The molecule has 10 nitrogen and oxygen atoms in total. The quantitative estimate of drug-likeness (QED) is 0.604. The molecule has 4 rings (SSSR count). The maximum Gasteiger partial charge on any atom is 0.354 e. The molecule has 0 saturated carbocycles. The molecular formula is C21H27N5O5S. The largest absolute Gasteiger partial charge is 0.464 e. The van der Waals surface area contributed by atoms with Gasteiger partial charge in [0.2, 0.25) is 15.9 Å². The number of hydrogen-bond acceptors (Lipinski definition) is 7. The first-order valence-electron chi connectivity index (χ1n) is 10.5. The lowest BCUT2D eigenvalue weighted by Gasteiger charge is -2.37. The fourth-order valence-corrected chi connectivity index (χ4v) is 6.02. The predicted octanol–water partition coefficient (Wildman–Crippen LogP) is 0.709. The number of sulfonamides is 1. The zero-order valence-electron chi connectivity index (χ0n) is 18.2. The topological polar surface area (TPSA) is 105 Å². The number of ether oxygens (including phenoxy) is 1. The highest BCUT2D eigenvalue weighted by Crippen LogP contribution is 2.29. The summed E-state index contributed by atoms with van der Waals surface area (Å²) in [5.41, 5.74) is 0.138. The van der Waals surface area contributed by atoms with Crippen molar-refractivity contribution in [1.82, 2.24) is 18.8 Å². The van der Waals surface area contributed by atoms with Crippen molar-refractivity contribution in [2.75, 3.05) is 44.7 Å². The number of pyridine rings is 1. The summed E-state index contributed by atoms with van der Waals surface area (Å²) in [7, 11) is -1.11. The molecule has 0 radical (unpaired) electrons. The standard InChI is InChI=1S/C21H27N5O5S/c1-23-15-16(14-18(23)21(28)31-2)32(29,30)26-9-5-6-17(26)20(27)25-12-10-24(11-13-25)19-7-3-4-8-22-19/h3-4,7-8,14-15,17H,5-6,9-13H2,1-2H3/t17-/m1/s1. The zero-order chi connectivity index (χ0) is 22.9. The van der Waals surface area contributed by atoms with Crippen LogP contribution in [0, 0.1) is 0 Å². The van der Waals surface area contributed by atoms with Crippen LogP contribution in [-0.2, 0) is 26.6 Å². The third kappa shape index (κ3) is 4.09. The van der Waals surface area contributed by atoms with Gasteiger partial charge in [0, 0.05) is 52.2 Å². The van der Waals surface area contributed by atoms with Gasteiger partial charge >= 0.3 is 5.97 Å². The smallest absolute Gasteiger partial charge is 0.354 e. The summed E-state index contributed by atoms with van der Waals surface area (Å²) in [6, 6.07) is 6.29. The lowest BCUT2D eigenvalue weighted by Crippen LogP contribution is -2.54. The van der Waals surface area contributed by atoms with Crippen molar-refractivity contribution in [2.45, 2.75) is 23.8 Å². The molecule has 2 fully saturated rings. The molecule has 0 spiro atoms. The third-order valence-electron chi connectivity index (χ3n) is 6.03. The van der Waals surface area contributed by atoms with Crippen molar-refractivity contribution in [3.63, 3.8) is 0 Å². The average molecular weight is 462 g/mol. The van der Waals surface area contributed by atoms with E-state index in [1.807, 2.05) is 18.2 Å². The number of amides is 1. The Morgan fingerprint density at radius 2 is 1.88 bits per heavy atom. The molecule has 11 heteroatoms. The van der Waals surface area contributed by atoms with Crippen molar-refractivity contribution in [3.8, 4) is 0 Å². The number of hydrogen-bond donors (Lipinski definition) is 0. The van der Waals surface area contributed by atoms with Gasteiger partial charge in [-0.25, -0.2) is 18.2 Å². The molecule has 2 aliphatic rings. The molecule has 0 aromatic carbocycles. The van der Waals surface area contributed by atoms with Gasteiger partial charge in [0.05, 0.1) is 7.11 Å². The summed E-state index contributed by atoms with van der Waals surface area (Å²) in [6.07, 6.45) is 4.21. The van der Waals surface area contributed by atoms with E-state index in [4.69, 9.17) is 4.74 Å². The molecule has 0 N–H and O–H groups in total. The van der Waals surface area contributed by atoms with E-state index in [9.17, 15) is 18.0 Å². The number of carbonyl (C=O) groups is 2. The second-order valence-corrected chi connectivity index (χ2v) is 9.83. The molecule has 172 valence electrons. The van der Waals surface area contributed by atoms with E-state index in [1.54, 1.807) is 18.1 Å². The SMILES string of the molecule is COC(=O)c1cc(S(=O)(=O)N2CCC[C@@H]2C(=O)N2CCN(c3ccccn3)CC2)cn1C. The van der Waals surface area contributed by atoms with Gasteiger partial charge in [-0.1, -0.05) is 6.07 Å². The van der Waals surface area contributed by atoms with Gasteiger partial charge < -0.3 is 19.1 Å². The lowest BCUT2D eigenvalue weighted by atomic mass is 10.2. The summed E-state index contributed by atoms with van der Waals surface area (Å²) in [5.74, 6) is 0.0831. The highest BCUT2D eigenvalue weighted by atomic mass is 32.2. The number of esters is 1. The molecule has 0 aliphatic carbocycles. The van der Waals surface area contributed by atoms with Gasteiger partial charge in [0.15, 0.2) is 0 Å². The first-order chi connectivity index (χ1) is 15.3. The molecule has 2 aromatic heterocycles. The van der Waals surface area contributed by atoms with Crippen molar-refractivity contribution in [1.29, 1.82) is 0 Å². The molecule has 0 bridgehead atoms. The van der Waals surface area contributed by atoms with Gasteiger partial charge in [0.1, 0.15) is 22.4 Å². The van der Waals surface area contributed by atoms with Gasteiger partial charge in [0.25, 0.3) is 0 Å². The molecule has 1 atom stereocenters. The predicted molar refractivity (Wildman–Crippen MR) is 117 cm³/mol. The number of methoxy groups -OCH3 is 1. The maximum absolute atomic E-state index is 13.3. The summed E-state index contributed by atoms with van der Waals surface area (Å²) < 4.78 is 34.0. The Morgan fingerprint density at radius 3 is 2.53 bits per heavy atom. The lowest BCUT2D eigenvalue weighted by molar-refractivity contribution is -0.134. The Balaban J connectivity index is 1.47. The van der Waals surface area contributed by atoms with Gasteiger partial charge in [-0.2, -0.15) is 4.31 Å². The van der Waals surface area contributed by atoms with E-state index in [2.05, 4.69) is 9.88 Å². The maximum atomic E-state index is 13.3. The van der Waals surface area contributed by atoms with Crippen LogP contribution in [0.2, 0.25) is 0 Å². The molecule has 2 aromatic rings. The minimum absolute atomic E-state index is 0.0138. The van der Waals surface area contributed by atoms with E-state index in [-0.39, 0.29) is 23.0 Å².